The van der Waals surface area contributed by atoms with Crippen LogP contribution in [0, 0.1) is 0 Å². The fourth-order valence-electron chi connectivity index (χ4n) is 1.09. The summed E-state index contributed by atoms with van der Waals surface area (Å²) >= 11 is 7.38. The van der Waals surface area contributed by atoms with Gasteiger partial charge in [-0.05, 0) is 11.6 Å². The fraction of sp³-hybridized carbons (Fsp3) is 0.300. The van der Waals surface area contributed by atoms with Crippen molar-refractivity contribution in [3.63, 3.8) is 0 Å². The molecule has 76 valence electrons. The third-order valence-corrected chi connectivity index (χ3v) is 2.97. The highest BCUT2D eigenvalue weighted by Crippen LogP contribution is 2.17. The summed E-state index contributed by atoms with van der Waals surface area (Å²) in [4.78, 5) is 12.9. The number of nitrogens with zero attached hydrogens (tertiary/aromatic N) is 1. The van der Waals surface area contributed by atoms with E-state index in [-0.39, 0.29) is 11.7 Å². The Kier molecular flexibility index (Phi) is 4.48. The van der Waals surface area contributed by atoms with E-state index in [9.17, 15) is 4.79 Å². The van der Waals surface area contributed by atoms with Gasteiger partial charge in [-0.15, -0.1) is 0 Å². The highest BCUT2D eigenvalue weighted by atomic mass is 79.9. The van der Waals surface area contributed by atoms with Gasteiger partial charge in [0.1, 0.15) is 0 Å². The molecule has 0 spiro atoms. The standard InChI is InChI=1S/C10H12BrNOS/c1-12(10(13)7-14)6-8-4-2-3-5-9(8)11/h2-5,14H,6-7H2,1H3. The number of benzene rings is 1. The summed E-state index contributed by atoms with van der Waals surface area (Å²) in [6.07, 6.45) is 0. The first-order valence-electron chi connectivity index (χ1n) is 4.23. The van der Waals surface area contributed by atoms with Crippen LogP contribution >= 0.6 is 28.6 Å². The molecule has 1 aromatic carbocycles. The summed E-state index contributed by atoms with van der Waals surface area (Å²) in [5, 5.41) is 0. The molecule has 0 saturated heterocycles. The van der Waals surface area contributed by atoms with Crippen molar-refractivity contribution in [2.24, 2.45) is 0 Å². The largest absolute Gasteiger partial charge is 0.341 e. The number of thiol groups is 1. The van der Waals surface area contributed by atoms with E-state index in [4.69, 9.17) is 0 Å². The van der Waals surface area contributed by atoms with Crippen molar-refractivity contribution in [1.82, 2.24) is 4.90 Å². The molecular weight excluding hydrogens is 262 g/mol. The summed E-state index contributed by atoms with van der Waals surface area (Å²) in [5.74, 6) is 0.283. The maximum atomic E-state index is 11.3. The fourth-order valence-corrected chi connectivity index (χ4v) is 1.74. The van der Waals surface area contributed by atoms with E-state index in [0.717, 1.165) is 10.0 Å². The van der Waals surface area contributed by atoms with E-state index in [2.05, 4.69) is 28.6 Å². The first kappa shape index (κ1) is 11.6. The Bertz CT molecular complexity index is 330. The smallest absolute Gasteiger partial charge is 0.232 e. The molecular formula is C10H12BrNOS. The summed E-state index contributed by atoms with van der Waals surface area (Å²) in [6, 6.07) is 7.87. The van der Waals surface area contributed by atoms with Crippen LogP contribution in [0.5, 0.6) is 0 Å². The highest BCUT2D eigenvalue weighted by molar-refractivity contribution is 9.10. The predicted octanol–water partition coefficient (Wildman–Crippen LogP) is 2.34. The number of rotatable bonds is 3. The molecule has 0 radical (unpaired) electrons. The van der Waals surface area contributed by atoms with Crippen LogP contribution in [0.15, 0.2) is 28.7 Å². The summed E-state index contributed by atoms with van der Waals surface area (Å²) in [6.45, 7) is 0.612. The van der Waals surface area contributed by atoms with Gasteiger partial charge in [0.25, 0.3) is 0 Å². The van der Waals surface area contributed by atoms with Crippen molar-refractivity contribution in [1.29, 1.82) is 0 Å². The second-order valence-corrected chi connectivity index (χ2v) is 4.17. The Balaban J connectivity index is 2.69. The van der Waals surface area contributed by atoms with Gasteiger partial charge in [0.15, 0.2) is 0 Å². The monoisotopic (exact) mass is 273 g/mol. The van der Waals surface area contributed by atoms with Gasteiger partial charge < -0.3 is 4.90 Å². The molecule has 0 aliphatic carbocycles. The van der Waals surface area contributed by atoms with Gasteiger partial charge >= 0.3 is 0 Å². The Morgan fingerprint density at radius 2 is 2.14 bits per heavy atom. The SMILES string of the molecule is CN(Cc1ccccc1Br)C(=O)CS. The van der Waals surface area contributed by atoms with Crippen LogP contribution in [0.25, 0.3) is 0 Å². The number of carbonyl (C=O) groups is 1. The average Bonchev–Trinajstić information content (AvgIpc) is 2.20. The van der Waals surface area contributed by atoms with Crippen LogP contribution in [-0.4, -0.2) is 23.6 Å². The molecule has 0 unspecified atom stereocenters. The molecule has 0 N–H and O–H groups in total. The third-order valence-electron chi connectivity index (χ3n) is 1.93. The van der Waals surface area contributed by atoms with E-state index in [1.807, 2.05) is 24.3 Å². The predicted molar refractivity (Wildman–Crippen MR) is 64.5 cm³/mol. The Hall–Kier alpha value is -0.480. The molecule has 0 saturated carbocycles. The zero-order chi connectivity index (χ0) is 10.6. The zero-order valence-corrected chi connectivity index (χ0v) is 10.4. The van der Waals surface area contributed by atoms with Crippen LogP contribution in [0.4, 0.5) is 0 Å². The molecule has 1 amide bonds. The van der Waals surface area contributed by atoms with Gasteiger partial charge in [0.2, 0.25) is 5.91 Å². The van der Waals surface area contributed by atoms with Gasteiger partial charge in [-0.2, -0.15) is 12.6 Å². The van der Waals surface area contributed by atoms with Gasteiger partial charge in [-0.25, -0.2) is 0 Å². The summed E-state index contributed by atoms with van der Waals surface area (Å²) < 4.78 is 1.03. The molecule has 0 aliphatic heterocycles. The van der Waals surface area contributed by atoms with Crippen LogP contribution in [0.2, 0.25) is 0 Å². The van der Waals surface area contributed by atoms with E-state index < -0.39 is 0 Å². The molecule has 4 heteroatoms. The zero-order valence-electron chi connectivity index (χ0n) is 7.90. The maximum absolute atomic E-state index is 11.3. The Morgan fingerprint density at radius 1 is 1.50 bits per heavy atom. The number of amides is 1. The number of halogens is 1. The molecule has 0 aliphatic rings. The van der Waals surface area contributed by atoms with Gasteiger partial charge in [0, 0.05) is 18.1 Å². The molecule has 0 bridgehead atoms. The highest BCUT2D eigenvalue weighted by Gasteiger charge is 2.08. The molecule has 2 nitrogen and oxygen atoms in total. The van der Waals surface area contributed by atoms with Crippen molar-refractivity contribution >= 4 is 34.5 Å². The molecule has 1 aromatic rings. The number of hydrogen-bond acceptors (Lipinski definition) is 2. The Labute approximate surface area is 97.8 Å². The summed E-state index contributed by atoms with van der Waals surface area (Å²) in [5.41, 5.74) is 1.10. The molecule has 14 heavy (non-hydrogen) atoms. The molecule has 1 rings (SSSR count). The van der Waals surface area contributed by atoms with Crippen molar-refractivity contribution < 1.29 is 4.79 Å². The Morgan fingerprint density at radius 3 is 2.71 bits per heavy atom. The lowest BCUT2D eigenvalue weighted by molar-refractivity contribution is -0.127. The van der Waals surface area contributed by atoms with E-state index in [1.54, 1.807) is 11.9 Å². The van der Waals surface area contributed by atoms with Gasteiger partial charge in [-0.1, -0.05) is 34.1 Å². The first-order chi connectivity index (χ1) is 6.65. The minimum atomic E-state index is 0.0316. The van der Waals surface area contributed by atoms with Crippen LogP contribution in [0.3, 0.4) is 0 Å². The van der Waals surface area contributed by atoms with Crippen LogP contribution < -0.4 is 0 Å². The quantitative estimate of drug-likeness (QED) is 0.839. The lowest BCUT2D eigenvalue weighted by atomic mass is 10.2. The van der Waals surface area contributed by atoms with Crippen molar-refractivity contribution in [2.45, 2.75) is 6.54 Å². The topological polar surface area (TPSA) is 20.3 Å². The van der Waals surface area contributed by atoms with Crippen LogP contribution in [0.1, 0.15) is 5.56 Å². The third kappa shape index (κ3) is 3.03. The van der Waals surface area contributed by atoms with Crippen molar-refractivity contribution in [2.75, 3.05) is 12.8 Å². The number of carbonyl (C=O) groups excluding carboxylic acids is 1. The minimum Gasteiger partial charge on any atom is -0.341 e. The second kappa shape index (κ2) is 5.41. The van der Waals surface area contributed by atoms with Gasteiger partial charge in [0.05, 0.1) is 5.75 Å². The summed E-state index contributed by atoms with van der Waals surface area (Å²) in [7, 11) is 1.78. The van der Waals surface area contributed by atoms with Gasteiger partial charge in [-0.3, -0.25) is 4.79 Å². The minimum absolute atomic E-state index is 0.0316. The van der Waals surface area contributed by atoms with E-state index in [1.165, 1.54) is 0 Å². The lowest BCUT2D eigenvalue weighted by Gasteiger charge is -2.16. The molecule has 0 fully saturated rings. The molecule has 0 aromatic heterocycles. The number of hydrogen-bond donors (Lipinski definition) is 1. The average molecular weight is 274 g/mol. The van der Waals surface area contributed by atoms with E-state index >= 15 is 0 Å². The molecule has 0 heterocycles. The van der Waals surface area contributed by atoms with Crippen LogP contribution in [-0.2, 0) is 11.3 Å². The van der Waals surface area contributed by atoms with Crippen molar-refractivity contribution in [3.8, 4) is 0 Å². The van der Waals surface area contributed by atoms with E-state index in [0.29, 0.717) is 6.54 Å². The normalized spacial score (nSPS) is 9.93. The second-order valence-electron chi connectivity index (χ2n) is 3.00. The van der Waals surface area contributed by atoms with Crippen molar-refractivity contribution in [3.05, 3.63) is 34.3 Å². The lowest BCUT2D eigenvalue weighted by Crippen LogP contribution is -2.27. The maximum Gasteiger partial charge on any atom is 0.232 e. The molecule has 0 atom stereocenters. The first-order valence-corrected chi connectivity index (χ1v) is 5.66.